The van der Waals surface area contributed by atoms with Crippen LogP contribution in [-0.4, -0.2) is 25.1 Å². The summed E-state index contributed by atoms with van der Waals surface area (Å²) >= 11 is 11.9. The second-order valence-corrected chi connectivity index (χ2v) is 7.68. The predicted octanol–water partition coefficient (Wildman–Crippen LogP) is 3.38. The van der Waals surface area contributed by atoms with Crippen LogP contribution in [0, 0.1) is 0 Å². The van der Waals surface area contributed by atoms with E-state index in [9.17, 15) is 13.2 Å². The van der Waals surface area contributed by atoms with Gasteiger partial charge < -0.3 is 0 Å². The third kappa shape index (κ3) is 2.65. The van der Waals surface area contributed by atoms with Gasteiger partial charge in [-0.15, -0.1) is 0 Å². The van der Waals surface area contributed by atoms with E-state index in [1.807, 2.05) is 0 Å². The van der Waals surface area contributed by atoms with Gasteiger partial charge in [-0.1, -0.05) is 41.4 Å². The molecule has 0 unspecified atom stereocenters. The number of sulfonamides is 1. The molecule has 0 radical (unpaired) electrons. The van der Waals surface area contributed by atoms with Crippen LogP contribution < -0.4 is 0 Å². The number of carbonyl (C=O) groups excluding carboxylic acids is 1. The van der Waals surface area contributed by atoms with Crippen LogP contribution in [0.1, 0.15) is 15.9 Å². The van der Waals surface area contributed by atoms with Crippen LogP contribution in [0.25, 0.3) is 0 Å². The van der Waals surface area contributed by atoms with Crippen LogP contribution in [0.15, 0.2) is 47.4 Å². The third-order valence-electron chi connectivity index (χ3n) is 3.49. The van der Waals surface area contributed by atoms with Crippen molar-refractivity contribution in [1.82, 2.24) is 4.31 Å². The summed E-state index contributed by atoms with van der Waals surface area (Å²) in [7, 11) is -3.72. The van der Waals surface area contributed by atoms with E-state index < -0.39 is 10.0 Å². The first-order chi connectivity index (χ1) is 10.4. The van der Waals surface area contributed by atoms with Crippen LogP contribution in [0.2, 0.25) is 10.0 Å². The standard InChI is InChI=1S/C15H11Cl2NO3S/c16-11-6-5-10(13(17)7-11)8-18-9-14(19)12-3-1-2-4-15(12)22(18,20)21/h1-7H,8-9H2. The molecule has 2 aromatic carbocycles. The molecule has 0 atom stereocenters. The van der Waals surface area contributed by atoms with Crippen molar-refractivity contribution in [3.8, 4) is 0 Å². The molecule has 0 saturated heterocycles. The van der Waals surface area contributed by atoms with Crippen molar-refractivity contribution >= 4 is 39.0 Å². The van der Waals surface area contributed by atoms with Gasteiger partial charge in [0, 0.05) is 22.2 Å². The quantitative estimate of drug-likeness (QED) is 0.829. The van der Waals surface area contributed by atoms with Crippen LogP contribution in [0.5, 0.6) is 0 Å². The van der Waals surface area contributed by atoms with E-state index in [4.69, 9.17) is 23.2 Å². The zero-order valence-corrected chi connectivity index (χ0v) is 13.6. The average molecular weight is 356 g/mol. The first kappa shape index (κ1) is 15.5. The molecule has 0 saturated carbocycles. The van der Waals surface area contributed by atoms with Crippen LogP contribution in [0.4, 0.5) is 0 Å². The lowest BCUT2D eigenvalue weighted by Crippen LogP contribution is -2.40. The number of ketones is 1. The summed E-state index contributed by atoms with van der Waals surface area (Å²) in [5.74, 6) is -0.226. The zero-order chi connectivity index (χ0) is 15.9. The maximum absolute atomic E-state index is 12.6. The number of fused-ring (bicyclic) bond motifs is 1. The molecule has 1 aliphatic rings. The number of nitrogens with zero attached hydrogens (tertiary/aromatic N) is 1. The van der Waals surface area contributed by atoms with Crippen LogP contribution in [-0.2, 0) is 16.6 Å². The summed E-state index contributed by atoms with van der Waals surface area (Å²) in [5.41, 5.74) is 0.836. The van der Waals surface area contributed by atoms with Crippen molar-refractivity contribution in [2.24, 2.45) is 0 Å². The van der Waals surface area contributed by atoms with E-state index in [0.29, 0.717) is 15.6 Å². The number of Topliss-reactive ketones (excluding diaryl/α,β-unsaturated/α-hetero) is 1. The van der Waals surface area contributed by atoms with Gasteiger partial charge in [-0.2, -0.15) is 4.31 Å². The fourth-order valence-corrected chi connectivity index (χ4v) is 4.43. The van der Waals surface area contributed by atoms with Crippen molar-refractivity contribution < 1.29 is 13.2 Å². The molecule has 114 valence electrons. The molecule has 7 heteroatoms. The normalized spacial score (nSPS) is 17.3. The number of hydrogen-bond acceptors (Lipinski definition) is 3. The highest BCUT2D eigenvalue weighted by Crippen LogP contribution is 2.29. The summed E-state index contributed by atoms with van der Waals surface area (Å²) in [6.07, 6.45) is 0. The Kier molecular flexibility index (Phi) is 3.99. The van der Waals surface area contributed by atoms with Crippen LogP contribution >= 0.6 is 23.2 Å². The molecule has 1 heterocycles. The Bertz CT molecular complexity index is 865. The van der Waals surface area contributed by atoms with Gasteiger partial charge in [0.15, 0.2) is 5.78 Å². The van der Waals surface area contributed by atoms with Crippen LogP contribution in [0.3, 0.4) is 0 Å². The molecule has 4 nitrogen and oxygen atoms in total. The topological polar surface area (TPSA) is 54.5 Å². The van der Waals surface area contributed by atoms with Gasteiger partial charge in [-0.05, 0) is 29.8 Å². The van der Waals surface area contributed by atoms with E-state index in [1.165, 1.54) is 12.1 Å². The monoisotopic (exact) mass is 355 g/mol. The summed E-state index contributed by atoms with van der Waals surface area (Å²) in [4.78, 5) is 12.2. The van der Waals surface area contributed by atoms with Crippen molar-refractivity contribution in [1.29, 1.82) is 0 Å². The molecule has 2 aromatic rings. The van der Waals surface area contributed by atoms with Gasteiger partial charge in [0.25, 0.3) is 0 Å². The van der Waals surface area contributed by atoms with Gasteiger partial charge >= 0.3 is 0 Å². The summed E-state index contributed by atoms with van der Waals surface area (Å²) in [5, 5.41) is 0.839. The smallest absolute Gasteiger partial charge is 0.244 e. The molecule has 0 aromatic heterocycles. The molecule has 0 aliphatic carbocycles. The molecule has 0 fully saturated rings. The van der Waals surface area contributed by atoms with E-state index in [2.05, 4.69) is 0 Å². The van der Waals surface area contributed by atoms with Crippen molar-refractivity contribution in [2.75, 3.05) is 6.54 Å². The lowest BCUT2D eigenvalue weighted by Gasteiger charge is -2.27. The fourth-order valence-electron chi connectivity index (χ4n) is 2.37. The Morgan fingerprint density at radius 3 is 2.55 bits per heavy atom. The summed E-state index contributed by atoms with van der Waals surface area (Å²) < 4.78 is 26.4. The largest absolute Gasteiger partial charge is 0.293 e. The minimum Gasteiger partial charge on any atom is -0.293 e. The summed E-state index contributed by atoms with van der Waals surface area (Å²) in [6, 6.07) is 11.1. The van der Waals surface area contributed by atoms with Gasteiger partial charge in [-0.3, -0.25) is 4.79 Å². The number of benzene rings is 2. The van der Waals surface area contributed by atoms with Crippen molar-refractivity contribution in [3.63, 3.8) is 0 Å². The maximum atomic E-state index is 12.6. The van der Waals surface area contributed by atoms with E-state index >= 15 is 0 Å². The molecule has 1 aliphatic heterocycles. The van der Waals surface area contributed by atoms with Gasteiger partial charge in [0.05, 0.1) is 11.4 Å². The number of hydrogen-bond donors (Lipinski definition) is 0. The minimum atomic E-state index is -3.72. The molecular weight excluding hydrogens is 345 g/mol. The highest BCUT2D eigenvalue weighted by Gasteiger charge is 2.35. The lowest BCUT2D eigenvalue weighted by molar-refractivity contribution is 0.0954. The van der Waals surface area contributed by atoms with Gasteiger partial charge in [0.1, 0.15) is 0 Å². The Labute approximate surface area is 138 Å². The zero-order valence-electron chi connectivity index (χ0n) is 11.3. The number of halogens is 2. The van der Waals surface area contributed by atoms with Gasteiger partial charge in [0.2, 0.25) is 10.0 Å². The van der Waals surface area contributed by atoms with Gasteiger partial charge in [-0.25, -0.2) is 8.42 Å². The molecule has 0 amide bonds. The maximum Gasteiger partial charge on any atom is 0.244 e. The Hall–Kier alpha value is -1.40. The van der Waals surface area contributed by atoms with Crippen molar-refractivity contribution in [2.45, 2.75) is 11.4 Å². The highest BCUT2D eigenvalue weighted by molar-refractivity contribution is 7.89. The molecule has 0 N–H and O–H groups in total. The lowest BCUT2D eigenvalue weighted by atomic mass is 10.1. The molecular formula is C15H11Cl2NO3S. The highest BCUT2D eigenvalue weighted by atomic mass is 35.5. The average Bonchev–Trinajstić information content (AvgIpc) is 2.47. The Balaban J connectivity index is 2.01. The SMILES string of the molecule is O=C1CN(Cc2ccc(Cl)cc2Cl)S(=O)(=O)c2ccccc21. The van der Waals surface area contributed by atoms with E-state index in [-0.39, 0.29) is 29.3 Å². The second-order valence-electron chi connectivity index (χ2n) is 4.93. The van der Waals surface area contributed by atoms with E-state index in [0.717, 1.165) is 4.31 Å². The predicted molar refractivity (Wildman–Crippen MR) is 84.8 cm³/mol. The minimum absolute atomic E-state index is 0.0262. The number of carbonyl (C=O) groups is 1. The van der Waals surface area contributed by atoms with Crippen molar-refractivity contribution in [3.05, 3.63) is 63.6 Å². The summed E-state index contributed by atoms with van der Waals surface area (Å²) in [6.45, 7) is -0.170. The second kappa shape index (κ2) is 5.66. The Morgan fingerprint density at radius 2 is 1.82 bits per heavy atom. The molecule has 0 spiro atoms. The molecule has 0 bridgehead atoms. The molecule has 22 heavy (non-hydrogen) atoms. The fraction of sp³-hybridized carbons (Fsp3) is 0.133. The first-order valence-corrected chi connectivity index (χ1v) is 8.65. The molecule has 3 rings (SSSR count). The number of rotatable bonds is 2. The van der Waals surface area contributed by atoms with E-state index in [1.54, 1.807) is 30.3 Å². The first-order valence-electron chi connectivity index (χ1n) is 6.46. The third-order valence-corrected chi connectivity index (χ3v) is 5.92. The Morgan fingerprint density at radius 1 is 1.09 bits per heavy atom.